The van der Waals surface area contributed by atoms with Crippen LogP contribution in [0.3, 0.4) is 0 Å². The molecule has 6 nitrogen and oxygen atoms in total. The summed E-state index contributed by atoms with van der Waals surface area (Å²) in [4.78, 5) is 25.9. The third kappa shape index (κ3) is 3.95. The van der Waals surface area contributed by atoms with Gasteiger partial charge in [-0.25, -0.2) is 4.79 Å². The molecule has 0 aromatic carbocycles. The third-order valence-electron chi connectivity index (χ3n) is 4.73. The van der Waals surface area contributed by atoms with E-state index in [4.69, 9.17) is 0 Å². The molecule has 3 unspecified atom stereocenters. The van der Waals surface area contributed by atoms with Gasteiger partial charge in [0.1, 0.15) is 0 Å². The van der Waals surface area contributed by atoms with Gasteiger partial charge in [-0.1, -0.05) is 6.92 Å². The maximum atomic E-state index is 12.2. The average molecular weight is 296 g/mol. The highest BCUT2D eigenvalue weighted by Crippen LogP contribution is 2.30. The second-order valence-corrected chi connectivity index (χ2v) is 6.12. The molecule has 6 heteroatoms. The van der Waals surface area contributed by atoms with E-state index >= 15 is 0 Å². The van der Waals surface area contributed by atoms with Crippen molar-refractivity contribution in [3.05, 3.63) is 0 Å². The van der Waals surface area contributed by atoms with Gasteiger partial charge < -0.3 is 10.6 Å². The molecule has 0 aromatic heterocycles. The van der Waals surface area contributed by atoms with Crippen LogP contribution in [0.4, 0.5) is 4.79 Å². The molecule has 0 saturated carbocycles. The minimum atomic E-state index is -0.407. The van der Waals surface area contributed by atoms with Gasteiger partial charge in [-0.3, -0.25) is 15.0 Å². The minimum absolute atomic E-state index is 0.214. The molecule has 2 aliphatic rings. The van der Waals surface area contributed by atoms with E-state index in [1.165, 1.54) is 12.8 Å². The van der Waals surface area contributed by atoms with E-state index in [-0.39, 0.29) is 11.9 Å². The summed E-state index contributed by atoms with van der Waals surface area (Å²) in [5.74, 6) is -0.214. The summed E-state index contributed by atoms with van der Waals surface area (Å²) in [6.45, 7) is 7.15. The number of likely N-dealkylation sites (N-methyl/N-ethyl adjacent to an activating group) is 1. The summed E-state index contributed by atoms with van der Waals surface area (Å²) >= 11 is 0. The molecule has 3 N–H and O–H groups in total. The molecule has 120 valence electrons. The lowest BCUT2D eigenvalue weighted by molar-refractivity contribution is -0.126. The van der Waals surface area contributed by atoms with E-state index < -0.39 is 6.03 Å². The molecule has 2 heterocycles. The molecule has 2 rings (SSSR count). The number of rotatable bonds is 5. The van der Waals surface area contributed by atoms with Crippen LogP contribution in [-0.2, 0) is 4.79 Å². The molecule has 0 aromatic rings. The number of urea groups is 1. The van der Waals surface area contributed by atoms with Crippen molar-refractivity contribution in [2.45, 2.75) is 70.6 Å². The lowest BCUT2D eigenvalue weighted by Crippen LogP contribution is -2.56. The van der Waals surface area contributed by atoms with Gasteiger partial charge in [-0.05, 0) is 46.1 Å². The van der Waals surface area contributed by atoms with Gasteiger partial charge in [-0.2, -0.15) is 0 Å². The second kappa shape index (κ2) is 7.22. The first-order valence-electron chi connectivity index (χ1n) is 8.15. The molecule has 2 fully saturated rings. The number of imide groups is 1. The highest BCUT2D eigenvalue weighted by Gasteiger charge is 2.38. The summed E-state index contributed by atoms with van der Waals surface area (Å²) in [5, 5.41) is 8.64. The zero-order valence-electron chi connectivity index (χ0n) is 13.3. The van der Waals surface area contributed by atoms with Gasteiger partial charge in [0, 0.05) is 24.7 Å². The van der Waals surface area contributed by atoms with Crippen LogP contribution in [0, 0.1) is 0 Å². The zero-order chi connectivity index (χ0) is 15.4. The molecule has 2 aliphatic heterocycles. The fraction of sp³-hybridized carbons (Fsp3) is 0.867. The SMILES string of the molecule is CCNC(=O)NC(=O)C(C)N(CC)C1CC2CCC(C1)N2. The van der Waals surface area contributed by atoms with Crippen molar-refractivity contribution in [3.8, 4) is 0 Å². The third-order valence-corrected chi connectivity index (χ3v) is 4.73. The Labute approximate surface area is 127 Å². The van der Waals surface area contributed by atoms with Gasteiger partial charge in [0.25, 0.3) is 0 Å². The van der Waals surface area contributed by atoms with E-state index in [9.17, 15) is 9.59 Å². The molecule has 2 saturated heterocycles. The fourth-order valence-electron chi connectivity index (χ4n) is 3.72. The second-order valence-electron chi connectivity index (χ2n) is 6.12. The number of hydrogen-bond donors (Lipinski definition) is 3. The Kier molecular flexibility index (Phi) is 5.58. The largest absolute Gasteiger partial charge is 0.338 e. The Hall–Kier alpha value is -1.14. The zero-order valence-corrected chi connectivity index (χ0v) is 13.3. The van der Waals surface area contributed by atoms with Crippen molar-refractivity contribution in [2.75, 3.05) is 13.1 Å². The van der Waals surface area contributed by atoms with Crippen molar-refractivity contribution >= 4 is 11.9 Å². The number of amides is 3. The number of hydrogen-bond acceptors (Lipinski definition) is 4. The maximum Gasteiger partial charge on any atom is 0.321 e. The van der Waals surface area contributed by atoms with Crippen LogP contribution in [0.25, 0.3) is 0 Å². The Morgan fingerprint density at radius 3 is 2.38 bits per heavy atom. The molecule has 2 bridgehead atoms. The summed E-state index contributed by atoms with van der Waals surface area (Å²) in [5.41, 5.74) is 0. The minimum Gasteiger partial charge on any atom is -0.338 e. The number of fused-ring (bicyclic) bond motifs is 2. The van der Waals surface area contributed by atoms with Crippen molar-refractivity contribution in [1.82, 2.24) is 20.9 Å². The molecular formula is C15H28N4O2. The van der Waals surface area contributed by atoms with Gasteiger partial charge in [0.15, 0.2) is 0 Å². The van der Waals surface area contributed by atoms with Gasteiger partial charge in [0.2, 0.25) is 5.91 Å². The Bertz CT molecular complexity index is 376. The van der Waals surface area contributed by atoms with Crippen molar-refractivity contribution in [2.24, 2.45) is 0 Å². The van der Waals surface area contributed by atoms with Crippen molar-refractivity contribution in [1.29, 1.82) is 0 Å². The molecule has 3 amide bonds. The van der Waals surface area contributed by atoms with Gasteiger partial charge >= 0.3 is 6.03 Å². The fourth-order valence-corrected chi connectivity index (χ4v) is 3.72. The maximum absolute atomic E-state index is 12.2. The van der Waals surface area contributed by atoms with E-state index in [2.05, 4.69) is 27.8 Å². The molecule has 0 spiro atoms. The van der Waals surface area contributed by atoms with E-state index in [0.717, 1.165) is 19.4 Å². The lowest BCUT2D eigenvalue weighted by atomic mass is 9.96. The average Bonchev–Trinajstić information content (AvgIpc) is 2.78. The van der Waals surface area contributed by atoms with Crippen LogP contribution in [0.5, 0.6) is 0 Å². The molecule has 0 radical (unpaired) electrons. The highest BCUT2D eigenvalue weighted by atomic mass is 16.2. The number of piperidine rings is 1. The topological polar surface area (TPSA) is 73.5 Å². The van der Waals surface area contributed by atoms with E-state index in [1.807, 2.05) is 13.8 Å². The normalized spacial score (nSPS) is 29.2. The van der Waals surface area contributed by atoms with Gasteiger partial charge in [0.05, 0.1) is 6.04 Å². The summed E-state index contributed by atoms with van der Waals surface area (Å²) in [7, 11) is 0. The Morgan fingerprint density at radius 1 is 1.24 bits per heavy atom. The number of carbonyl (C=O) groups excluding carboxylic acids is 2. The first-order chi connectivity index (χ1) is 10.0. The monoisotopic (exact) mass is 296 g/mol. The van der Waals surface area contributed by atoms with Crippen LogP contribution < -0.4 is 16.0 Å². The van der Waals surface area contributed by atoms with E-state index in [0.29, 0.717) is 24.7 Å². The summed E-state index contributed by atoms with van der Waals surface area (Å²) in [6, 6.07) is 0.947. The smallest absolute Gasteiger partial charge is 0.321 e. The van der Waals surface area contributed by atoms with Crippen LogP contribution >= 0.6 is 0 Å². The summed E-state index contributed by atoms with van der Waals surface area (Å²) < 4.78 is 0. The van der Waals surface area contributed by atoms with Crippen molar-refractivity contribution < 1.29 is 9.59 Å². The molecular weight excluding hydrogens is 268 g/mol. The van der Waals surface area contributed by atoms with E-state index in [1.54, 1.807) is 0 Å². The Balaban J connectivity index is 1.93. The lowest BCUT2D eigenvalue weighted by Gasteiger charge is -2.39. The number of carbonyl (C=O) groups is 2. The Morgan fingerprint density at radius 2 is 1.86 bits per heavy atom. The molecule has 3 atom stereocenters. The van der Waals surface area contributed by atoms with Crippen molar-refractivity contribution in [3.63, 3.8) is 0 Å². The predicted octanol–water partition coefficient (Wildman–Crippen LogP) is 0.826. The number of nitrogens with one attached hydrogen (secondary N) is 3. The van der Waals surface area contributed by atoms with Crippen LogP contribution in [0.2, 0.25) is 0 Å². The van der Waals surface area contributed by atoms with Crippen LogP contribution in [0.1, 0.15) is 46.5 Å². The quantitative estimate of drug-likeness (QED) is 0.702. The molecule has 21 heavy (non-hydrogen) atoms. The van der Waals surface area contributed by atoms with Crippen LogP contribution in [-0.4, -0.2) is 54.1 Å². The highest BCUT2D eigenvalue weighted by molar-refractivity contribution is 5.96. The number of nitrogens with zero attached hydrogens (tertiary/aromatic N) is 1. The predicted molar refractivity (Wildman–Crippen MR) is 82.0 cm³/mol. The first kappa shape index (κ1) is 16.2. The standard InChI is InChI=1S/C15H28N4O2/c1-4-16-15(21)18-14(20)10(3)19(5-2)13-8-11-6-7-12(9-13)17-11/h10-13,17H,4-9H2,1-3H3,(H2,16,18,20,21). The van der Waals surface area contributed by atoms with Gasteiger partial charge in [-0.15, -0.1) is 0 Å². The van der Waals surface area contributed by atoms with Crippen LogP contribution in [0.15, 0.2) is 0 Å². The first-order valence-corrected chi connectivity index (χ1v) is 8.15. The molecule has 0 aliphatic carbocycles. The summed E-state index contributed by atoms with van der Waals surface area (Å²) in [6.07, 6.45) is 4.70.